The Kier molecular flexibility index (Phi) is 6.48. The number of carbonyl (C=O) groups excluding carboxylic acids is 1. The van der Waals surface area contributed by atoms with Crippen molar-refractivity contribution in [2.75, 3.05) is 30.5 Å². The van der Waals surface area contributed by atoms with Crippen molar-refractivity contribution in [3.8, 4) is 5.75 Å². The Morgan fingerprint density at radius 2 is 1.95 bits per heavy atom. The zero-order valence-electron chi connectivity index (χ0n) is 12.3. The molecule has 0 spiro atoms. The molecule has 0 aromatic heterocycles. The van der Waals surface area contributed by atoms with Crippen LogP contribution in [0.25, 0.3) is 0 Å². The quantitative estimate of drug-likeness (QED) is 0.579. The number of nitrogens with two attached hydrogens (primary N) is 1. The molecule has 1 aromatic carbocycles. The molecule has 0 atom stereocenters. The summed E-state index contributed by atoms with van der Waals surface area (Å²) in [4.78, 5) is 11.8. The summed E-state index contributed by atoms with van der Waals surface area (Å²) in [6.45, 7) is 3.72. The lowest BCUT2D eigenvalue weighted by molar-refractivity contribution is 0.0522. The van der Waals surface area contributed by atoms with Crippen molar-refractivity contribution < 1.29 is 22.7 Å². The smallest absolute Gasteiger partial charge is 0.341 e. The van der Waals surface area contributed by atoms with Crippen LogP contribution in [0.15, 0.2) is 18.2 Å². The molecule has 21 heavy (non-hydrogen) atoms. The van der Waals surface area contributed by atoms with E-state index in [1.54, 1.807) is 19.9 Å². The Bertz CT molecular complexity index is 583. The third kappa shape index (κ3) is 5.63. The largest absolute Gasteiger partial charge is 0.492 e. The van der Waals surface area contributed by atoms with Crippen molar-refractivity contribution in [3.05, 3.63) is 23.8 Å². The van der Waals surface area contributed by atoms with E-state index in [0.29, 0.717) is 12.1 Å². The topological polar surface area (TPSA) is 95.7 Å². The fraction of sp³-hybridized carbons (Fsp3) is 0.500. The van der Waals surface area contributed by atoms with Crippen molar-refractivity contribution in [1.29, 1.82) is 0 Å². The summed E-state index contributed by atoms with van der Waals surface area (Å²) >= 11 is 0. The fourth-order valence-corrected chi connectivity index (χ4v) is 2.90. The van der Waals surface area contributed by atoms with E-state index in [4.69, 9.17) is 15.2 Å². The zero-order chi connectivity index (χ0) is 15.9. The van der Waals surface area contributed by atoms with Gasteiger partial charge in [-0.1, -0.05) is 6.92 Å². The van der Waals surface area contributed by atoms with E-state index in [-0.39, 0.29) is 36.0 Å². The Morgan fingerprint density at radius 3 is 2.57 bits per heavy atom. The minimum Gasteiger partial charge on any atom is -0.492 e. The maximum atomic E-state index is 11.8. The van der Waals surface area contributed by atoms with Crippen LogP contribution >= 0.6 is 0 Å². The molecule has 118 valence electrons. The van der Waals surface area contributed by atoms with Gasteiger partial charge in [-0.2, -0.15) is 0 Å². The molecule has 0 radical (unpaired) electrons. The van der Waals surface area contributed by atoms with Crippen LogP contribution < -0.4 is 10.5 Å². The molecule has 0 aliphatic heterocycles. The van der Waals surface area contributed by atoms with E-state index >= 15 is 0 Å². The maximum absolute atomic E-state index is 11.8. The number of ether oxygens (including phenoxy) is 2. The minimum absolute atomic E-state index is 0.0152. The average Bonchev–Trinajstić information content (AvgIpc) is 2.40. The first-order chi connectivity index (χ1) is 9.89. The molecule has 6 nitrogen and oxygen atoms in total. The van der Waals surface area contributed by atoms with Gasteiger partial charge in [-0.25, -0.2) is 13.2 Å². The van der Waals surface area contributed by atoms with Crippen LogP contribution in [0.2, 0.25) is 0 Å². The van der Waals surface area contributed by atoms with Crippen molar-refractivity contribution in [3.63, 3.8) is 0 Å². The van der Waals surface area contributed by atoms with Crippen molar-refractivity contribution >= 4 is 21.5 Å². The van der Waals surface area contributed by atoms with Crippen LogP contribution in [-0.4, -0.2) is 39.1 Å². The number of sulfone groups is 1. The second-order valence-corrected chi connectivity index (χ2v) is 6.78. The molecule has 0 aliphatic rings. The van der Waals surface area contributed by atoms with Gasteiger partial charge in [0.2, 0.25) is 0 Å². The highest BCUT2D eigenvalue weighted by atomic mass is 32.2. The highest BCUT2D eigenvalue weighted by Gasteiger charge is 2.16. The van der Waals surface area contributed by atoms with Gasteiger partial charge in [0.1, 0.15) is 17.9 Å². The van der Waals surface area contributed by atoms with Gasteiger partial charge in [0, 0.05) is 5.69 Å². The van der Waals surface area contributed by atoms with Gasteiger partial charge in [-0.3, -0.25) is 0 Å². The SMILES string of the molecule is CCCS(=O)(=O)CCOc1ccc(N)cc1C(=O)OCC. The van der Waals surface area contributed by atoms with Crippen LogP contribution in [0, 0.1) is 0 Å². The minimum atomic E-state index is -3.12. The standard InChI is InChI=1S/C14H21NO5S/c1-3-8-21(17,18)9-7-20-13-6-5-11(15)10-12(13)14(16)19-4-2/h5-6,10H,3-4,7-9,15H2,1-2H3. The van der Waals surface area contributed by atoms with E-state index in [0.717, 1.165) is 0 Å². The molecule has 0 bridgehead atoms. The van der Waals surface area contributed by atoms with Gasteiger partial charge in [0.25, 0.3) is 0 Å². The van der Waals surface area contributed by atoms with Crippen LogP contribution in [-0.2, 0) is 14.6 Å². The molecule has 0 aliphatic carbocycles. The molecule has 0 unspecified atom stereocenters. The summed E-state index contributed by atoms with van der Waals surface area (Å²) in [5.41, 5.74) is 6.25. The summed E-state index contributed by atoms with van der Waals surface area (Å²) in [7, 11) is -3.12. The molecular formula is C14H21NO5S. The molecule has 0 saturated heterocycles. The third-order valence-corrected chi connectivity index (χ3v) is 4.48. The number of hydrogen-bond donors (Lipinski definition) is 1. The summed E-state index contributed by atoms with van der Waals surface area (Å²) in [6.07, 6.45) is 0.568. The highest BCUT2D eigenvalue weighted by Crippen LogP contribution is 2.22. The van der Waals surface area contributed by atoms with E-state index in [9.17, 15) is 13.2 Å². The molecule has 0 fully saturated rings. The van der Waals surface area contributed by atoms with Crippen LogP contribution in [0.4, 0.5) is 5.69 Å². The molecule has 0 amide bonds. The molecule has 1 rings (SSSR count). The van der Waals surface area contributed by atoms with Gasteiger partial charge in [0.15, 0.2) is 9.84 Å². The van der Waals surface area contributed by atoms with E-state index in [1.165, 1.54) is 12.1 Å². The first-order valence-electron chi connectivity index (χ1n) is 6.79. The van der Waals surface area contributed by atoms with Crippen LogP contribution in [0.5, 0.6) is 5.75 Å². The van der Waals surface area contributed by atoms with E-state index < -0.39 is 15.8 Å². The summed E-state index contributed by atoms with van der Waals surface area (Å²) in [5.74, 6) is -0.235. The first kappa shape index (κ1) is 17.3. The van der Waals surface area contributed by atoms with Crippen LogP contribution in [0.1, 0.15) is 30.6 Å². The predicted octanol–water partition coefficient (Wildman–Crippen LogP) is 1.65. The maximum Gasteiger partial charge on any atom is 0.341 e. The lowest BCUT2D eigenvalue weighted by Gasteiger charge is -2.11. The van der Waals surface area contributed by atoms with Crippen molar-refractivity contribution in [1.82, 2.24) is 0 Å². The average molecular weight is 315 g/mol. The van der Waals surface area contributed by atoms with Crippen molar-refractivity contribution in [2.24, 2.45) is 0 Å². The number of rotatable bonds is 8. The van der Waals surface area contributed by atoms with E-state index in [1.807, 2.05) is 0 Å². The number of benzene rings is 1. The number of nitrogen functional groups attached to an aromatic ring is 1. The van der Waals surface area contributed by atoms with Gasteiger partial charge < -0.3 is 15.2 Å². The van der Waals surface area contributed by atoms with Crippen LogP contribution in [0.3, 0.4) is 0 Å². The molecule has 7 heteroatoms. The number of carbonyl (C=O) groups is 1. The molecule has 0 heterocycles. The Balaban J connectivity index is 2.77. The summed E-state index contributed by atoms with van der Waals surface area (Å²) in [5, 5.41) is 0. The second-order valence-electron chi connectivity index (χ2n) is 4.48. The summed E-state index contributed by atoms with van der Waals surface area (Å²) < 4.78 is 33.5. The number of anilines is 1. The number of esters is 1. The Hall–Kier alpha value is -1.76. The summed E-state index contributed by atoms with van der Waals surface area (Å²) in [6, 6.07) is 4.57. The lowest BCUT2D eigenvalue weighted by Crippen LogP contribution is -2.18. The van der Waals surface area contributed by atoms with Gasteiger partial charge in [-0.15, -0.1) is 0 Å². The van der Waals surface area contributed by atoms with Gasteiger partial charge in [-0.05, 0) is 31.5 Å². The second kappa shape index (κ2) is 7.87. The first-order valence-corrected chi connectivity index (χ1v) is 8.61. The lowest BCUT2D eigenvalue weighted by atomic mass is 10.2. The normalized spacial score (nSPS) is 11.1. The molecule has 1 aromatic rings. The Morgan fingerprint density at radius 1 is 1.24 bits per heavy atom. The molecule has 0 saturated carbocycles. The zero-order valence-corrected chi connectivity index (χ0v) is 13.1. The van der Waals surface area contributed by atoms with Gasteiger partial charge in [0.05, 0.1) is 18.1 Å². The predicted molar refractivity (Wildman–Crippen MR) is 81.3 cm³/mol. The Labute approximate surface area is 125 Å². The fourth-order valence-electron chi connectivity index (χ4n) is 1.73. The monoisotopic (exact) mass is 315 g/mol. The number of hydrogen-bond acceptors (Lipinski definition) is 6. The van der Waals surface area contributed by atoms with E-state index in [2.05, 4.69) is 0 Å². The van der Waals surface area contributed by atoms with Crippen molar-refractivity contribution in [2.45, 2.75) is 20.3 Å². The molecule has 2 N–H and O–H groups in total. The molecular weight excluding hydrogens is 294 g/mol. The third-order valence-electron chi connectivity index (χ3n) is 2.67. The van der Waals surface area contributed by atoms with Gasteiger partial charge >= 0.3 is 5.97 Å². The highest BCUT2D eigenvalue weighted by molar-refractivity contribution is 7.91.